The number of anilines is 1. The van der Waals surface area contributed by atoms with E-state index in [-0.39, 0.29) is 10.8 Å². The van der Waals surface area contributed by atoms with Crippen LogP contribution in [-0.2, 0) is 16.6 Å². The van der Waals surface area contributed by atoms with Gasteiger partial charge in [-0.1, -0.05) is 37.7 Å². The molecule has 4 aromatic rings. The second-order valence-electron chi connectivity index (χ2n) is 8.63. The molecule has 38 heavy (non-hydrogen) atoms. The molecule has 9 nitrogen and oxygen atoms in total. The van der Waals surface area contributed by atoms with Gasteiger partial charge in [-0.25, -0.2) is 13.4 Å². The largest absolute Gasteiger partial charge is 0.492 e. The summed E-state index contributed by atoms with van der Waals surface area (Å²) in [6, 6.07) is 13.7. The summed E-state index contributed by atoms with van der Waals surface area (Å²) in [4.78, 5) is 20.3. The first-order chi connectivity index (χ1) is 18.4. The van der Waals surface area contributed by atoms with Gasteiger partial charge in [0, 0.05) is 37.6 Å². The SMILES string of the molecule is CCCCN(CC)S(=O)(=O)c1ccc(C(=O)N(CCn2cccn2)c2nc3c(OCC)cccc3s2)cc1. The van der Waals surface area contributed by atoms with E-state index >= 15 is 0 Å². The van der Waals surface area contributed by atoms with Gasteiger partial charge in [-0.15, -0.1) is 0 Å². The molecule has 0 spiro atoms. The van der Waals surface area contributed by atoms with Crippen molar-refractivity contribution in [2.24, 2.45) is 0 Å². The van der Waals surface area contributed by atoms with Gasteiger partial charge in [-0.3, -0.25) is 14.4 Å². The fourth-order valence-electron chi connectivity index (χ4n) is 4.08. The Morgan fingerprint density at radius 3 is 2.50 bits per heavy atom. The number of nitrogens with zero attached hydrogens (tertiary/aromatic N) is 5. The smallest absolute Gasteiger partial charge is 0.260 e. The van der Waals surface area contributed by atoms with Crippen molar-refractivity contribution in [3.8, 4) is 5.75 Å². The number of rotatable bonds is 13. The maximum atomic E-state index is 13.8. The maximum Gasteiger partial charge on any atom is 0.260 e. The van der Waals surface area contributed by atoms with Crippen LogP contribution in [0.15, 0.2) is 65.8 Å². The van der Waals surface area contributed by atoms with Crippen molar-refractivity contribution in [1.82, 2.24) is 19.1 Å². The van der Waals surface area contributed by atoms with Gasteiger partial charge in [-0.05, 0) is 55.8 Å². The fraction of sp³-hybridized carbons (Fsp3) is 0.370. The zero-order valence-corrected chi connectivity index (χ0v) is 23.5. The van der Waals surface area contributed by atoms with Crippen LogP contribution in [-0.4, -0.2) is 59.6 Å². The number of carbonyl (C=O) groups is 1. The number of para-hydroxylation sites is 1. The predicted molar refractivity (Wildman–Crippen MR) is 150 cm³/mol. The first kappa shape index (κ1) is 27.7. The molecule has 4 rings (SSSR count). The van der Waals surface area contributed by atoms with Gasteiger partial charge in [0.25, 0.3) is 5.91 Å². The molecular formula is C27H33N5O4S2. The Hall–Kier alpha value is -3.28. The lowest BCUT2D eigenvalue weighted by Crippen LogP contribution is -2.34. The van der Waals surface area contributed by atoms with E-state index in [1.54, 1.807) is 27.9 Å². The van der Waals surface area contributed by atoms with Crippen LogP contribution in [0.5, 0.6) is 5.75 Å². The first-order valence-corrected chi connectivity index (χ1v) is 15.1. The van der Waals surface area contributed by atoms with Crippen LogP contribution in [0, 0.1) is 0 Å². The van der Waals surface area contributed by atoms with Gasteiger partial charge in [0.2, 0.25) is 10.0 Å². The lowest BCUT2D eigenvalue weighted by atomic mass is 10.2. The Labute approximate surface area is 227 Å². The molecule has 1 amide bonds. The van der Waals surface area contributed by atoms with E-state index < -0.39 is 10.0 Å². The van der Waals surface area contributed by atoms with E-state index in [1.807, 2.05) is 51.2 Å². The van der Waals surface area contributed by atoms with Crippen molar-refractivity contribution in [2.45, 2.75) is 45.1 Å². The summed E-state index contributed by atoms with van der Waals surface area (Å²) in [5.41, 5.74) is 1.09. The second-order valence-corrected chi connectivity index (χ2v) is 11.6. The molecule has 11 heteroatoms. The third-order valence-electron chi connectivity index (χ3n) is 6.11. The summed E-state index contributed by atoms with van der Waals surface area (Å²) in [6.45, 7) is 7.97. The zero-order chi connectivity index (χ0) is 27.1. The number of benzene rings is 2. The number of carbonyl (C=O) groups excluding carboxylic acids is 1. The lowest BCUT2D eigenvalue weighted by Gasteiger charge is -2.21. The molecule has 2 aromatic carbocycles. The van der Waals surface area contributed by atoms with Crippen molar-refractivity contribution < 1.29 is 17.9 Å². The molecule has 0 aliphatic rings. The standard InChI is InChI=1S/C27H33N5O4S2/c1-4-7-18-31(5-2)38(34,35)22-14-12-21(13-15-22)26(33)32(20-19-30-17-9-16-28-30)27-29-25-23(36-6-3)10-8-11-24(25)37-27/h8-17H,4-7,18-20H2,1-3H3. The third-order valence-corrected chi connectivity index (χ3v) is 9.14. The molecule has 0 atom stereocenters. The molecule has 0 saturated carbocycles. The van der Waals surface area contributed by atoms with Crippen LogP contribution in [0.2, 0.25) is 0 Å². The topological polar surface area (TPSA) is 97.6 Å². The summed E-state index contributed by atoms with van der Waals surface area (Å²) in [5, 5.41) is 4.79. The van der Waals surface area contributed by atoms with Crippen molar-refractivity contribution >= 4 is 42.6 Å². The number of hydrogen-bond donors (Lipinski definition) is 0. The van der Waals surface area contributed by atoms with E-state index in [1.165, 1.54) is 27.8 Å². The molecule has 0 aliphatic heterocycles. The number of fused-ring (bicyclic) bond motifs is 1. The van der Waals surface area contributed by atoms with E-state index in [0.29, 0.717) is 54.7 Å². The van der Waals surface area contributed by atoms with Gasteiger partial charge < -0.3 is 4.74 Å². The highest BCUT2D eigenvalue weighted by molar-refractivity contribution is 7.89. The number of amides is 1. The molecule has 0 fully saturated rings. The fourth-order valence-corrected chi connectivity index (χ4v) is 6.57. The molecule has 0 saturated heterocycles. The number of sulfonamides is 1. The third kappa shape index (κ3) is 6.06. The minimum Gasteiger partial charge on any atom is -0.492 e. The molecule has 0 aliphatic carbocycles. The molecule has 0 bridgehead atoms. The minimum atomic E-state index is -3.63. The average molecular weight is 556 g/mol. The molecule has 2 heterocycles. The number of thiazole rings is 1. The Morgan fingerprint density at radius 2 is 1.84 bits per heavy atom. The average Bonchev–Trinajstić information content (AvgIpc) is 3.60. The normalized spacial score (nSPS) is 11.8. The van der Waals surface area contributed by atoms with Crippen LogP contribution >= 0.6 is 11.3 Å². The summed E-state index contributed by atoms with van der Waals surface area (Å²) in [7, 11) is -3.63. The Kier molecular flexibility index (Phi) is 9.13. The monoisotopic (exact) mass is 555 g/mol. The molecule has 202 valence electrons. The Morgan fingerprint density at radius 1 is 1.05 bits per heavy atom. The van der Waals surface area contributed by atoms with Crippen LogP contribution < -0.4 is 9.64 Å². The zero-order valence-electron chi connectivity index (χ0n) is 21.9. The number of aromatic nitrogens is 3. The summed E-state index contributed by atoms with van der Waals surface area (Å²) >= 11 is 1.41. The van der Waals surface area contributed by atoms with Crippen LogP contribution in [0.1, 0.15) is 44.0 Å². The van der Waals surface area contributed by atoms with Crippen LogP contribution in [0.4, 0.5) is 5.13 Å². The molecule has 2 aromatic heterocycles. The maximum absolute atomic E-state index is 13.8. The highest BCUT2D eigenvalue weighted by atomic mass is 32.2. The number of unbranched alkanes of at least 4 members (excludes halogenated alkanes) is 1. The highest BCUT2D eigenvalue weighted by Crippen LogP contribution is 2.35. The molecular weight excluding hydrogens is 522 g/mol. The summed E-state index contributed by atoms with van der Waals surface area (Å²) in [5.74, 6) is 0.404. The van der Waals surface area contributed by atoms with Crippen molar-refractivity contribution in [3.05, 3.63) is 66.5 Å². The van der Waals surface area contributed by atoms with E-state index in [9.17, 15) is 13.2 Å². The van der Waals surface area contributed by atoms with Gasteiger partial charge >= 0.3 is 0 Å². The molecule has 0 unspecified atom stereocenters. The van der Waals surface area contributed by atoms with Gasteiger partial charge in [0.05, 0.1) is 22.7 Å². The van der Waals surface area contributed by atoms with Crippen LogP contribution in [0.3, 0.4) is 0 Å². The van der Waals surface area contributed by atoms with Gasteiger partial charge in [0.15, 0.2) is 5.13 Å². The Bertz CT molecular complexity index is 1450. The molecule has 0 N–H and O–H groups in total. The van der Waals surface area contributed by atoms with Crippen LogP contribution in [0.25, 0.3) is 10.2 Å². The van der Waals surface area contributed by atoms with Crippen molar-refractivity contribution in [2.75, 3.05) is 31.1 Å². The van der Waals surface area contributed by atoms with Gasteiger partial charge in [-0.2, -0.15) is 9.40 Å². The van der Waals surface area contributed by atoms with Crippen molar-refractivity contribution in [3.63, 3.8) is 0 Å². The quantitative estimate of drug-likeness (QED) is 0.229. The van der Waals surface area contributed by atoms with E-state index in [2.05, 4.69) is 5.10 Å². The second kappa shape index (κ2) is 12.5. The number of ether oxygens (including phenoxy) is 1. The molecule has 0 radical (unpaired) electrons. The number of hydrogen-bond acceptors (Lipinski definition) is 7. The predicted octanol–water partition coefficient (Wildman–Crippen LogP) is 5.05. The first-order valence-electron chi connectivity index (χ1n) is 12.8. The lowest BCUT2D eigenvalue weighted by molar-refractivity contribution is 0.0985. The summed E-state index contributed by atoms with van der Waals surface area (Å²) in [6.07, 6.45) is 5.23. The Balaban J connectivity index is 1.64. The van der Waals surface area contributed by atoms with E-state index in [0.717, 1.165) is 17.5 Å². The van der Waals surface area contributed by atoms with Gasteiger partial charge in [0.1, 0.15) is 11.3 Å². The van der Waals surface area contributed by atoms with E-state index in [4.69, 9.17) is 9.72 Å². The highest BCUT2D eigenvalue weighted by Gasteiger charge is 2.25. The van der Waals surface area contributed by atoms with Crippen molar-refractivity contribution in [1.29, 1.82) is 0 Å². The minimum absolute atomic E-state index is 0.177. The summed E-state index contributed by atoms with van der Waals surface area (Å²) < 4.78 is 36.1.